The van der Waals surface area contributed by atoms with E-state index < -0.39 is 5.97 Å². The first-order valence-electron chi connectivity index (χ1n) is 6.61. The van der Waals surface area contributed by atoms with Gasteiger partial charge in [-0.3, -0.25) is 0 Å². The lowest BCUT2D eigenvalue weighted by atomic mass is 9.98. The Morgan fingerprint density at radius 3 is 2.81 bits per heavy atom. The normalized spacial score (nSPS) is 12.6. The van der Waals surface area contributed by atoms with Crippen molar-refractivity contribution in [1.82, 2.24) is 0 Å². The number of aromatic hydroxyl groups is 1. The summed E-state index contributed by atoms with van der Waals surface area (Å²) < 4.78 is 5.06. The van der Waals surface area contributed by atoms with E-state index >= 15 is 0 Å². The molecule has 1 heterocycles. The number of hydrogen-bond acceptors (Lipinski definition) is 4. The summed E-state index contributed by atoms with van der Waals surface area (Å²) in [5.41, 5.74) is 3.56. The Bertz CT molecular complexity index is 724. The Labute approximate surface area is 121 Å². The largest absolute Gasteiger partial charge is 0.504 e. The van der Waals surface area contributed by atoms with Gasteiger partial charge in [-0.2, -0.15) is 0 Å². The summed E-state index contributed by atoms with van der Waals surface area (Å²) in [6.45, 7) is 0.892. The average molecular weight is 285 g/mol. The van der Waals surface area contributed by atoms with Crippen LogP contribution in [-0.2, 0) is 6.42 Å². The van der Waals surface area contributed by atoms with E-state index in [0.29, 0.717) is 5.56 Å². The van der Waals surface area contributed by atoms with Gasteiger partial charge in [-0.15, -0.1) is 0 Å². The SMILES string of the molecule is COc1cc(C(=O)O)cc(-c2ccc3c(c2)CCN3)c1O. The number of phenolic OH excluding ortho intramolecular Hbond substituents is 1. The molecule has 0 unspecified atom stereocenters. The number of methoxy groups -OCH3 is 1. The number of anilines is 1. The highest BCUT2D eigenvalue weighted by Crippen LogP contribution is 2.39. The summed E-state index contributed by atoms with van der Waals surface area (Å²) in [4.78, 5) is 11.2. The predicted octanol–water partition coefficient (Wildman–Crippen LogP) is 2.73. The number of phenols is 1. The Hall–Kier alpha value is -2.69. The molecule has 0 aromatic heterocycles. The number of ether oxygens (including phenoxy) is 1. The van der Waals surface area contributed by atoms with E-state index in [1.54, 1.807) is 0 Å². The van der Waals surface area contributed by atoms with Gasteiger partial charge in [0.25, 0.3) is 0 Å². The molecule has 0 bridgehead atoms. The van der Waals surface area contributed by atoms with Crippen molar-refractivity contribution in [3.8, 4) is 22.6 Å². The van der Waals surface area contributed by atoms with E-state index in [1.807, 2.05) is 18.2 Å². The first kappa shape index (κ1) is 13.3. The topological polar surface area (TPSA) is 78.8 Å². The number of aromatic carboxylic acids is 1. The Morgan fingerprint density at radius 2 is 2.10 bits per heavy atom. The van der Waals surface area contributed by atoms with Crippen molar-refractivity contribution in [3.63, 3.8) is 0 Å². The maximum absolute atomic E-state index is 11.2. The fourth-order valence-corrected chi connectivity index (χ4v) is 2.58. The Balaban J connectivity index is 2.17. The molecule has 0 spiro atoms. The van der Waals surface area contributed by atoms with E-state index in [1.165, 1.54) is 19.2 Å². The van der Waals surface area contributed by atoms with Gasteiger partial charge in [-0.05, 0) is 41.8 Å². The quantitative estimate of drug-likeness (QED) is 0.808. The van der Waals surface area contributed by atoms with Gasteiger partial charge in [-0.1, -0.05) is 6.07 Å². The van der Waals surface area contributed by atoms with Gasteiger partial charge in [0.05, 0.1) is 12.7 Å². The molecule has 2 aromatic rings. The van der Waals surface area contributed by atoms with Gasteiger partial charge in [-0.25, -0.2) is 4.79 Å². The van der Waals surface area contributed by atoms with Crippen molar-refractivity contribution < 1.29 is 19.7 Å². The molecule has 3 N–H and O–H groups in total. The molecule has 0 atom stereocenters. The molecule has 3 rings (SSSR count). The average Bonchev–Trinajstić information content (AvgIpc) is 2.94. The fraction of sp³-hybridized carbons (Fsp3) is 0.188. The number of carboxylic acids is 1. The zero-order valence-corrected chi connectivity index (χ0v) is 11.5. The maximum atomic E-state index is 11.2. The zero-order valence-electron chi connectivity index (χ0n) is 11.5. The molecule has 1 aliphatic rings. The van der Waals surface area contributed by atoms with Crippen LogP contribution < -0.4 is 10.1 Å². The highest BCUT2D eigenvalue weighted by atomic mass is 16.5. The number of hydrogen-bond donors (Lipinski definition) is 3. The van der Waals surface area contributed by atoms with E-state index in [-0.39, 0.29) is 17.1 Å². The Morgan fingerprint density at radius 1 is 1.29 bits per heavy atom. The van der Waals surface area contributed by atoms with Crippen LogP contribution in [0.4, 0.5) is 5.69 Å². The first-order chi connectivity index (χ1) is 10.1. The van der Waals surface area contributed by atoms with Crippen LogP contribution in [0.5, 0.6) is 11.5 Å². The second-order valence-corrected chi connectivity index (χ2v) is 4.93. The molecule has 0 radical (unpaired) electrons. The molecule has 0 aliphatic carbocycles. The third-order valence-corrected chi connectivity index (χ3v) is 3.67. The second-order valence-electron chi connectivity index (χ2n) is 4.93. The van der Waals surface area contributed by atoms with Gasteiger partial charge >= 0.3 is 5.97 Å². The van der Waals surface area contributed by atoms with Gasteiger partial charge in [0.1, 0.15) is 0 Å². The highest BCUT2D eigenvalue weighted by molar-refractivity contribution is 5.92. The number of rotatable bonds is 3. The van der Waals surface area contributed by atoms with Crippen LogP contribution in [0.3, 0.4) is 0 Å². The minimum atomic E-state index is -1.06. The minimum Gasteiger partial charge on any atom is -0.504 e. The maximum Gasteiger partial charge on any atom is 0.335 e. The monoisotopic (exact) mass is 285 g/mol. The molecule has 0 saturated carbocycles. The molecule has 0 saturated heterocycles. The zero-order chi connectivity index (χ0) is 15.0. The van der Waals surface area contributed by atoms with Crippen LogP contribution >= 0.6 is 0 Å². The lowest BCUT2D eigenvalue weighted by molar-refractivity contribution is 0.0696. The molecular weight excluding hydrogens is 270 g/mol. The van der Waals surface area contributed by atoms with Gasteiger partial charge < -0.3 is 20.3 Å². The van der Waals surface area contributed by atoms with E-state index in [2.05, 4.69) is 5.32 Å². The third-order valence-electron chi connectivity index (χ3n) is 3.67. The first-order valence-corrected chi connectivity index (χ1v) is 6.61. The van der Waals surface area contributed by atoms with E-state index in [4.69, 9.17) is 4.74 Å². The van der Waals surface area contributed by atoms with Crippen LogP contribution in [-0.4, -0.2) is 29.8 Å². The van der Waals surface area contributed by atoms with Crippen molar-refractivity contribution in [2.24, 2.45) is 0 Å². The van der Waals surface area contributed by atoms with Crippen molar-refractivity contribution >= 4 is 11.7 Å². The number of carboxylic acid groups (broad SMARTS) is 1. The second kappa shape index (κ2) is 5.01. The summed E-state index contributed by atoms with van der Waals surface area (Å²) in [5.74, 6) is -0.950. The van der Waals surface area contributed by atoms with Crippen LogP contribution in [0.25, 0.3) is 11.1 Å². The fourth-order valence-electron chi connectivity index (χ4n) is 2.58. The lowest BCUT2D eigenvalue weighted by Crippen LogP contribution is -1.98. The van der Waals surface area contributed by atoms with Crippen molar-refractivity contribution in [1.29, 1.82) is 0 Å². The molecular formula is C16H15NO4. The van der Waals surface area contributed by atoms with Crippen LogP contribution in [0, 0.1) is 0 Å². The summed E-state index contributed by atoms with van der Waals surface area (Å²) in [6, 6.07) is 8.55. The van der Waals surface area contributed by atoms with E-state index in [9.17, 15) is 15.0 Å². The van der Waals surface area contributed by atoms with Gasteiger partial charge in [0.2, 0.25) is 0 Å². The molecule has 0 fully saturated rings. The molecule has 5 nitrogen and oxygen atoms in total. The van der Waals surface area contributed by atoms with Crippen LogP contribution in [0.1, 0.15) is 15.9 Å². The molecule has 21 heavy (non-hydrogen) atoms. The third kappa shape index (κ3) is 2.27. The summed E-state index contributed by atoms with van der Waals surface area (Å²) >= 11 is 0. The lowest BCUT2D eigenvalue weighted by Gasteiger charge is -2.12. The summed E-state index contributed by atoms with van der Waals surface area (Å²) in [6.07, 6.45) is 0.916. The minimum absolute atomic E-state index is 0.0478. The Kier molecular flexibility index (Phi) is 3.17. The van der Waals surface area contributed by atoms with Crippen molar-refractivity contribution in [3.05, 3.63) is 41.5 Å². The summed E-state index contributed by atoms with van der Waals surface area (Å²) in [7, 11) is 1.40. The molecule has 108 valence electrons. The van der Waals surface area contributed by atoms with E-state index in [0.717, 1.165) is 29.8 Å². The summed E-state index contributed by atoms with van der Waals surface area (Å²) in [5, 5.41) is 22.7. The highest BCUT2D eigenvalue weighted by Gasteiger charge is 2.17. The number of carbonyl (C=O) groups is 1. The predicted molar refractivity (Wildman–Crippen MR) is 79.2 cm³/mol. The molecule has 2 aromatic carbocycles. The molecule has 5 heteroatoms. The van der Waals surface area contributed by atoms with Gasteiger partial charge in [0, 0.05) is 17.8 Å². The van der Waals surface area contributed by atoms with Crippen molar-refractivity contribution in [2.75, 3.05) is 19.0 Å². The standard InChI is InChI=1S/C16H15NO4/c1-21-14-8-11(16(19)20)7-12(15(14)18)9-2-3-13-10(6-9)4-5-17-13/h2-3,6-8,17-18H,4-5H2,1H3,(H,19,20). The molecule has 1 aliphatic heterocycles. The van der Waals surface area contributed by atoms with Crippen LogP contribution in [0.15, 0.2) is 30.3 Å². The number of nitrogens with one attached hydrogen (secondary N) is 1. The van der Waals surface area contributed by atoms with Crippen LogP contribution in [0.2, 0.25) is 0 Å². The van der Waals surface area contributed by atoms with Crippen molar-refractivity contribution in [2.45, 2.75) is 6.42 Å². The number of fused-ring (bicyclic) bond motifs is 1. The number of benzene rings is 2. The molecule has 0 amide bonds. The smallest absolute Gasteiger partial charge is 0.335 e. The van der Waals surface area contributed by atoms with Gasteiger partial charge in [0.15, 0.2) is 11.5 Å².